The largest absolute Gasteiger partial charge is 0.369 e. The Morgan fingerprint density at radius 2 is 2.00 bits per heavy atom. The third-order valence-corrected chi connectivity index (χ3v) is 4.88. The van der Waals surface area contributed by atoms with Gasteiger partial charge in [0.1, 0.15) is 5.82 Å². The van der Waals surface area contributed by atoms with Gasteiger partial charge in [-0.15, -0.1) is 15.3 Å². The maximum absolute atomic E-state index is 6.12. The van der Waals surface area contributed by atoms with Crippen LogP contribution in [0, 0.1) is 0 Å². The molecular weight excluding hydrogens is 348 g/mol. The zero-order chi connectivity index (χ0) is 18.3. The van der Waals surface area contributed by atoms with E-state index in [1.165, 1.54) is 5.69 Å². The quantitative estimate of drug-likeness (QED) is 0.760. The van der Waals surface area contributed by atoms with E-state index in [0.29, 0.717) is 6.04 Å². The van der Waals surface area contributed by atoms with E-state index in [1.54, 1.807) is 0 Å². The zero-order valence-electron chi connectivity index (χ0n) is 15.3. The molecule has 1 saturated heterocycles. The zero-order valence-corrected chi connectivity index (χ0v) is 16.0. The number of anilines is 2. The van der Waals surface area contributed by atoms with Crippen molar-refractivity contribution >= 4 is 28.8 Å². The highest BCUT2D eigenvalue weighted by Gasteiger charge is 2.25. The van der Waals surface area contributed by atoms with Gasteiger partial charge in [0.15, 0.2) is 11.5 Å². The lowest BCUT2D eigenvalue weighted by Crippen LogP contribution is -2.26. The molecule has 1 unspecified atom stereocenters. The Hall–Kier alpha value is -2.34. The summed E-state index contributed by atoms with van der Waals surface area (Å²) in [6.45, 7) is 8.27. The van der Waals surface area contributed by atoms with Crippen LogP contribution in [0.3, 0.4) is 0 Å². The lowest BCUT2D eigenvalue weighted by Gasteiger charge is -2.19. The summed E-state index contributed by atoms with van der Waals surface area (Å²) in [6.07, 6.45) is 1.06. The summed E-state index contributed by atoms with van der Waals surface area (Å²) in [4.78, 5) is 2.35. The smallest absolute Gasteiger partial charge is 0.178 e. The maximum Gasteiger partial charge on any atom is 0.178 e. The second-order valence-corrected chi connectivity index (χ2v) is 8.25. The van der Waals surface area contributed by atoms with Crippen molar-refractivity contribution in [1.29, 1.82) is 0 Å². The Morgan fingerprint density at radius 3 is 2.77 bits per heavy atom. The fourth-order valence-electron chi connectivity index (χ4n) is 3.33. The van der Waals surface area contributed by atoms with Gasteiger partial charge in [-0.25, -0.2) is 0 Å². The van der Waals surface area contributed by atoms with Gasteiger partial charge in [0.05, 0.1) is 0 Å². The summed E-state index contributed by atoms with van der Waals surface area (Å²) in [6, 6.07) is 12.3. The highest BCUT2D eigenvalue weighted by atomic mass is 35.5. The number of halogens is 1. The Balaban J connectivity index is 1.51. The van der Waals surface area contributed by atoms with Crippen molar-refractivity contribution in [2.45, 2.75) is 38.6 Å². The first-order chi connectivity index (χ1) is 12.4. The van der Waals surface area contributed by atoms with Gasteiger partial charge in [-0.1, -0.05) is 38.4 Å². The van der Waals surface area contributed by atoms with Crippen molar-refractivity contribution in [2.24, 2.45) is 0 Å². The van der Waals surface area contributed by atoms with Gasteiger partial charge in [0, 0.05) is 35.3 Å². The van der Waals surface area contributed by atoms with Gasteiger partial charge in [0.2, 0.25) is 0 Å². The van der Waals surface area contributed by atoms with Crippen LogP contribution < -0.4 is 10.2 Å². The van der Waals surface area contributed by atoms with Gasteiger partial charge < -0.3 is 10.2 Å². The van der Waals surface area contributed by atoms with Gasteiger partial charge in [0.25, 0.3) is 0 Å². The summed E-state index contributed by atoms with van der Waals surface area (Å²) >= 11 is 6.12. The van der Waals surface area contributed by atoms with E-state index in [1.807, 2.05) is 34.8 Å². The molecule has 136 valence electrons. The van der Waals surface area contributed by atoms with Crippen LogP contribution in [-0.2, 0) is 5.41 Å². The van der Waals surface area contributed by atoms with Crippen molar-refractivity contribution < 1.29 is 0 Å². The standard InChI is InChI=1S/C19H23ClN6/c1-19(2,3)18-23-22-17-8-7-16(24-26(17)18)21-14-9-10-25(12-14)15-6-4-5-13(20)11-15/h4-8,11,14H,9-10,12H2,1-3H3,(H,21,24). The molecule has 7 heteroatoms. The Bertz CT molecular complexity index is 929. The number of hydrogen-bond donors (Lipinski definition) is 1. The topological polar surface area (TPSA) is 58.4 Å². The predicted octanol–water partition coefficient (Wildman–Crippen LogP) is 3.77. The minimum Gasteiger partial charge on any atom is -0.369 e. The fourth-order valence-corrected chi connectivity index (χ4v) is 3.51. The summed E-state index contributed by atoms with van der Waals surface area (Å²) in [5.41, 5.74) is 1.83. The van der Waals surface area contributed by atoms with E-state index in [9.17, 15) is 0 Å². The summed E-state index contributed by atoms with van der Waals surface area (Å²) in [7, 11) is 0. The molecule has 1 N–H and O–H groups in total. The Kier molecular flexibility index (Phi) is 4.23. The normalized spacial score (nSPS) is 17.8. The molecular formula is C19H23ClN6. The molecule has 0 saturated carbocycles. The van der Waals surface area contributed by atoms with Crippen LogP contribution in [0.1, 0.15) is 33.0 Å². The maximum atomic E-state index is 6.12. The molecule has 1 atom stereocenters. The predicted molar refractivity (Wildman–Crippen MR) is 105 cm³/mol. The molecule has 0 amide bonds. The summed E-state index contributed by atoms with van der Waals surface area (Å²) in [5, 5.41) is 17.6. The van der Waals surface area contributed by atoms with E-state index in [2.05, 4.69) is 47.3 Å². The molecule has 4 rings (SSSR count). The second kappa shape index (κ2) is 6.43. The first-order valence-electron chi connectivity index (χ1n) is 8.90. The minimum absolute atomic E-state index is 0.109. The van der Waals surface area contributed by atoms with E-state index >= 15 is 0 Å². The van der Waals surface area contributed by atoms with Crippen LogP contribution in [0.5, 0.6) is 0 Å². The van der Waals surface area contributed by atoms with Crippen molar-refractivity contribution in [2.75, 3.05) is 23.3 Å². The molecule has 1 fully saturated rings. The van der Waals surface area contributed by atoms with E-state index in [-0.39, 0.29) is 5.41 Å². The van der Waals surface area contributed by atoms with E-state index in [4.69, 9.17) is 16.7 Å². The number of benzene rings is 1. The third-order valence-electron chi connectivity index (χ3n) is 4.65. The number of fused-ring (bicyclic) bond motifs is 1. The van der Waals surface area contributed by atoms with Crippen molar-refractivity contribution in [1.82, 2.24) is 19.8 Å². The average Bonchev–Trinajstić information content (AvgIpc) is 3.21. The third kappa shape index (κ3) is 3.33. The van der Waals surface area contributed by atoms with Crippen molar-refractivity contribution in [3.8, 4) is 0 Å². The van der Waals surface area contributed by atoms with Gasteiger partial charge in [-0.2, -0.15) is 4.52 Å². The Morgan fingerprint density at radius 1 is 1.15 bits per heavy atom. The van der Waals surface area contributed by atoms with Crippen LogP contribution in [0.4, 0.5) is 11.5 Å². The molecule has 6 nitrogen and oxygen atoms in total. The number of rotatable bonds is 3. The first kappa shape index (κ1) is 17.1. The molecule has 1 aromatic carbocycles. The lowest BCUT2D eigenvalue weighted by atomic mass is 9.96. The van der Waals surface area contributed by atoms with Crippen LogP contribution in [0.15, 0.2) is 36.4 Å². The number of nitrogens with zero attached hydrogens (tertiary/aromatic N) is 5. The minimum atomic E-state index is -0.109. The van der Waals surface area contributed by atoms with Gasteiger partial charge >= 0.3 is 0 Å². The number of hydrogen-bond acceptors (Lipinski definition) is 5. The van der Waals surface area contributed by atoms with Crippen LogP contribution in [0.25, 0.3) is 5.65 Å². The molecule has 1 aliphatic heterocycles. The van der Waals surface area contributed by atoms with Gasteiger partial charge in [-0.05, 0) is 36.8 Å². The molecule has 0 spiro atoms. The van der Waals surface area contributed by atoms with Crippen molar-refractivity contribution in [3.63, 3.8) is 0 Å². The highest BCUT2D eigenvalue weighted by molar-refractivity contribution is 6.30. The highest BCUT2D eigenvalue weighted by Crippen LogP contribution is 2.25. The summed E-state index contributed by atoms with van der Waals surface area (Å²) in [5.74, 6) is 1.71. The molecule has 0 aliphatic carbocycles. The first-order valence-corrected chi connectivity index (χ1v) is 9.28. The molecule has 0 bridgehead atoms. The van der Waals surface area contributed by atoms with E-state index in [0.717, 1.165) is 41.8 Å². The number of aromatic nitrogens is 4. The number of nitrogens with one attached hydrogen (secondary N) is 1. The molecule has 3 heterocycles. The summed E-state index contributed by atoms with van der Waals surface area (Å²) < 4.78 is 1.84. The SMILES string of the molecule is CC(C)(C)c1nnc2ccc(NC3CCN(c4cccc(Cl)c4)C3)nn12. The van der Waals surface area contributed by atoms with E-state index < -0.39 is 0 Å². The lowest BCUT2D eigenvalue weighted by molar-refractivity contribution is 0.527. The van der Waals surface area contributed by atoms with Crippen LogP contribution in [-0.4, -0.2) is 38.9 Å². The molecule has 3 aromatic rings. The fraction of sp³-hybridized carbons (Fsp3) is 0.421. The van der Waals surface area contributed by atoms with Crippen molar-refractivity contribution in [3.05, 3.63) is 47.2 Å². The molecule has 0 radical (unpaired) electrons. The molecule has 26 heavy (non-hydrogen) atoms. The monoisotopic (exact) mass is 370 g/mol. The molecule has 2 aromatic heterocycles. The van der Waals surface area contributed by atoms with Crippen LogP contribution >= 0.6 is 11.6 Å². The molecule has 1 aliphatic rings. The van der Waals surface area contributed by atoms with Gasteiger partial charge in [-0.3, -0.25) is 0 Å². The Labute approximate surface area is 158 Å². The average molecular weight is 371 g/mol. The van der Waals surface area contributed by atoms with Crippen LogP contribution in [0.2, 0.25) is 5.02 Å². The second-order valence-electron chi connectivity index (χ2n) is 7.82.